The van der Waals surface area contributed by atoms with E-state index < -0.39 is 0 Å². The minimum atomic E-state index is 0.129. The first kappa shape index (κ1) is 16.6. The fraction of sp³-hybridized carbons (Fsp3) is 0.474. The molecule has 5 nitrogen and oxygen atoms in total. The van der Waals surface area contributed by atoms with Gasteiger partial charge in [-0.05, 0) is 50.8 Å². The van der Waals surface area contributed by atoms with Crippen molar-refractivity contribution in [2.75, 3.05) is 23.3 Å². The highest BCUT2D eigenvalue weighted by molar-refractivity contribution is 5.64. The Labute approximate surface area is 144 Å². The summed E-state index contributed by atoms with van der Waals surface area (Å²) < 4.78 is 5.86. The Kier molecular flexibility index (Phi) is 5.18. The molecule has 1 aliphatic heterocycles. The first-order valence-corrected chi connectivity index (χ1v) is 8.72. The number of aromatic nitrogens is 2. The van der Waals surface area contributed by atoms with Crippen LogP contribution in [0.2, 0.25) is 0 Å². The highest BCUT2D eigenvalue weighted by Gasteiger charge is 2.18. The van der Waals surface area contributed by atoms with E-state index in [4.69, 9.17) is 4.74 Å². The van der Waals surface area contributed by atoms with Crippen LogP contribution in [0.1, 0.15) is 33.6 Å². The predicted molar refractivity (Wildman–Crippen MR) is 98.1 cm³/mol. The Morgan fingerprint density at radius 1 is 1.17 bits per heavy atom. The van der Waals surface area contributed by atoms with Crippen LogP contribution in [-0.2, 0) is 0 Å². The standard InChI is InChI=1S/C19H26N4O/c1-14(2)24-17-7-5-4-6-16(17)21-18-8-11-20-19(22-18)23-12-9-15(3)10-13-23/h4-8,11,14-15H,9-10,12-13H2,1-3H3,(H,20,21,22). The van der Waals surface area contributed by atoms with Crippen LogP contribution in [0.5, 0.6) is 5.75 Å². The molecule has 1 N–H and O–H groups in total. The molecule has 0 atom stereocenters. The van der Waals surface area contributed by atoms with E-state index in [2.05, 4.69) is 27.1 Å². The number of anilines is 3. The summed E-state index contributed by atoms with van der Waals surface area (Å²) in [5, 5.41) is 3.36. The van der Waals surface area contributed by atoms with E-state index in [1.165, 1.54) is 12.8 Å². The lowest BCUT2D eigenvalue weighted by atomic mass is 10.00. The zero-order chi connectivity index (χ0) is 16.9. The minimum absolute atomic E-state index is 0.129. The lowest BCUT2D eigenvalue weighted by Gasteiger charge is -2.30. The van der Waals surface area contributed by atoms with E-state index in [9.17, 15) is 0 Å². The molecule has 128 valence electrons. The molecule has 0 bridgehead atoms. The smallest absolute Gasteiger partial charge is 0.227 e. The maximum Gasteiger partial charge on any atom is 0.227 e. The van der Waals surface area contributed by atoms with Crippen molar-refractivity contribution >= 4 is 17.5 Å². The van der Waals surface area contributed by atoms with Gasteiger partial charge in [-0.1, -0.05) is 19.1 Å². The number of rotatable bonds is 5. The number of ether oxygens (including phenoxy) is 1. The van der Waals surface area contributed by atoms with Crippen LogP contribution in [-0.4, -0.2) is 29.2 Å². The molecule has 1 aromatic heterocycles. The van der Waals surface area contributed by atoms with Crippen LogP contribution in [0, 0.1) is 5.92 Å². The van der Waals surface area contributed by atoms with Crippen molar-refractivity contribution in [2.24, 2.45) is 5.92 Å². The lowest BCUT2D eigenvalue weighted by Crippen LogP contribution is -2.34. The average molecular weight is 326 g/mol. The van der Waals surface area contributed by atoms with E-state index in [0.717, 1.165) is 42.2 Å². The minimum Gasteiger partial charge on any atom is -0.489 e. The Bertz CT molecular complexity index is 666. The molecule has 1 aliphatic rings. The van der Waals surface area contributed by atoms with E-state index in [1.807, 2.05) is 50.4 Å². The molecule has 2 aromatic rings. The van der Waals surface area contributed by atoms with Gasteiger partial charge in [-0.25, -0.2) is 4.98 Å². The molecule has 24 heavy (non-hydrogen) atoms. The summed E-state index contributed by atoms with van der Waals surface area (Å²) >= 11 is 0. The Morgan fingerprint density at radius 3 is 2.67 bits per heavy atom. The summed E-state index contributed by atoms with van der Waals surface area (Å²) in [6.45, 7) is 8.41. The highest BCUT2D eigenvalue weighted by atomic mass is 16.5. The molecule has 0 radical (unpaired) electrons. The van der Waals surface area contributed by atoms with Gasteiger partial charge in [-0.3, -0.25) is 0 Å². The van der Waals surface area contributed by atoms with Crippen LogP contribution >= 0.6 is 0 Å². The molecule has 0 spiro atoms. The molecule has 1 fully saturated rings. The molecule has 0 aliphatic carbocycles. The number of hydrogen-bond donors (Lipinski definition) is 1. The number of para-hydroxylation sites is 2. The lowest BCUT2D eigenvalue weighted by molar-refractivity contribution is 0.244. The third kappa shape index (κ3) is 4.16. The van der Waals surface area contributed by atoms with Gasteiger partial charge in [-0.2, -0.15) is 4.98 Å². The number of nitrogens with zero attached hydrogens (tertiary/aromatic N) is 3. The molecular weight excluding hydrogens is 300 g/mol. The Hall–Kier alpha value is -2.30. The second kappa shape index (κ2) is 7.51. The van der Waals surface area contributed by atoms with Gasteiger partial charge in [-0.15, -0.1) is 0 Å². The third-order valence-corrected chi connectivity index (χ3v) is 4.22. The van der Waals surface area contributed by atoms with Gasteiger partial charge >= 0.3 is 0 Å². The quantitative estimate of drug-likeness (QED) is 0.890. The summed E-state index contributed by atoms with van der Waals surface area (Å²) in [4.78, 5) is 11.4. The monoisotopic (exact) mass is 326 g/mol. The highest BCUT2D eigenvalue weighted by Crippen LogP contribution is 2.28. The normalized spacial score (nSPS) is 15.6. The molecule has 1 saturated heterocycles. The second-order valence-corrected chi connectivity index (χ2v) is 6.70. The van der Waals surface area contributed by atoms with E-state index in [1.54, 1.807) is 0 Å². The van der Waals surface area contributed by atoms with Gasteiger partial charge in [0.05, 0.1) is 11.8 Å². The van der Waals surface area contributed by atoms with Crippen LogP contribution in [0.3, 0.4) is 0 Å². The van der Waals surface area contributed by atoms with Crippen molar-refractivity contribution in [1.29, 1.82) is 0 Å². The number of benzene rings is 1. The van der Waals surface area contributed by atoms with Gasteiger partial charge in [0.25, 0.3) is 0 Å². The maximum absolute atomic E-state index is 5.86. The van der Waals surface area contributed by atoms with Crippen LogP contribution in [0.25, 0.3) is 0 Å². The predicted octanol–water partition coefficient (Wildman–Crippen LogP) is 4.24. The van der Waals surface area contributed by atoms with Crippen LogP contribution in [0.15, 0.2) is 36.5 Å². The summed E-state index contributed by atoms with van der Waals surface area (Å²) in [7, 11) is 0. The molecule has 0 unspecified atom stereocenters. The first-order valence-electron chi connectivity index (χ1n) is 8.72. The molecule has 3 rings (SSSR count). The van der Waals surface area contributed by atoms with Crippen molar-refractivity contribution < 1.29 is 4.74 Å². The van der Waals surface area contributed by atoms with Crippen molar-refractivity contribution in [2.45, 2.75) is 39.7 Å². The van der Waals surface area contributed by atoms with Crippen LogP contribution in [0.4, 0.5) is 17.5 Å². The third-order valence-electron chi connectivity index (χ3n) is 4.22. The van der Waals surface area contributed by atoms with Gasteiger partial charge in [0, 0.05) is 19.3 Å². The topological polar surface area (TPSA) is 50.3 Å². The van der Waals surface area contributed by atoms with Crippen molar-refractivity contribution in [1.82, 2.24) is 9.97 Å². The summed E-state index contributed by atoms with van der Waals surface area (Å²) in [6.07, 6.45) is 4.34. The number of hydrogen-bond acceptors (Lipinski definition) is 5. The van der Waals surface area contributed by atoms with E-state index in [0.29, 0.717) is 0 Å². The molecule has 5 heteroatoms. The second-order valence-electron chi connectivity index (χ2n) is 6.70. The molecule has 0 saturated carbocycles. The van der Waals surface area contributed by atoms with Crippen LogP contribution < -0.4 is 15.0 Å². The van der Waals surface area contributed by atoms with Gasteiger partial charge in [0.1, 0.15) is 11.6 Å². The fourth-order valence-corrected chi connectivity index (χ4v) is 2.84. The average Bonchev–Trinajstić information content (AvgIpc) is 2.57. The largest absolute Gasteiger partial charge is 0.489 e. The Morgan fingerprint density at radius 2 is 1.92 bits per heavy atom. The maximum atomic E-state index is 5.86. The van der Waals surface area contributed by atoms with Crippen molar-refractivity contribution in [3.05, 3.63) is 36.5 Å². The molecule has 1 aromatic carbocycles. The zero-order valence-electron chi connectivity index (χ0n) is 14.7. The SMILES string of the molecule is CC1CCN(c2nccc(Nc3ccccc3OC(C)C)n2)CC1. The number of nitrogens with one attached hydrogen (secondary N) is 1. The number of piperidine rings is 1. The zero-order valence-corrected chi connectivity index (χ0v) is 14.7. The molecule has 0 amide bonds. The fourth-order valence-electron chi connectivity index (χ4n) is 2.84. The first-order chi connectivity index (χ1) is 11.6. The van der Waals surface area contributed by atoms with Crippen molar-refractivity contribution in [3.8, 4) is 5.75 Å². The van der Waals surface area contributed by atoms with Gasteiger partial charge in [0.15, 0.2) is 0 Å². The summed E-state index contributed by atoms with van der Waals surface area (Å²) in [5.41, 5.74) is 0.920. The summed E-state index contributed by atoms with van der Waals surface area (Å²) in [5.74, 6) is 3.22. The summed E-state index contributed by atoms with van der Waals surface area (Å²) in [6, 6.07) is 9.83. The van der Waals surface area contributed by atoms with Crippen molar-refractivity contribution in [3.63, 3.8) is 0 Å². The van der Waals surface area contributed by atoms with E-state index in [-0.39, 0.29) is 6.10 Å². The van der Waals surface area contributed by atoms with E-state index >= 15 is 0 Å². The molecule has 2 heterocycles. The van der Waals surface area contributed by atoms with Gasteiger partial charge < -0.3 is 15.0 Å². The Balaban J connectivity index is 1.75. The molecular formula is C19H26N4O. The van der Waals surface area contributed by atoms with Gasteiger partial charge in [0.2, 0.25) is 5.95 Å².